The van der Waals surface area contributed by atoms with Crippen LogP contribution in [0.4, 0.5) is 0 Å². The van der Waals surface area contributed by atoms with E-state index in [0.29, 0.717) is 59.7 Å². The van der Waals surface area contributed by atoms with E-state index in [9.17, 15) is 15.3 Å². The second kappa shape index (κ2) is 8.68. The molecule has 0 heterocycles. The summed E-state index contributed by atoms with van der Waals surface area (Å²) in [5.74, 6) is 4.31. The van der Waals surface area contributed by atoms with Gasteiger partial charge in [-0.2, -0.15) is 0 Å². The predicted octanol–water partition coefficient (Wildman–Crippen LogP) is 5.97. The molecule has 3 heteroatoms. The average molecular weight is 447 g/mol. The lowest BCUT2D eigenvalue weighted by Gasteiger charge is -2.65. The zero-order chi connectivity index (χ0) is 23.5. The van der Waals surface area contributed by atoms with Crippen molar-refractivity contribution in [1.29, 1.82) is 0 Å². The molecule has 0 radical (unpaired) electrons. The maximum absolute atomic E-state index is 11.6. The van der Waals surface area contributed by atoms with Crippen LogP contribution in [0.3, 0.4) is 0 Å². The highest BCUT2D eigenvalue weighted by atomic mass is 16.3. The molecule has 0 spiro atoms. The molecule has 4 aliphatic rings. The fraction of sp³-hybridized carbons (Fsp3) is 0.931. The van der Waals surface area contributed by atoms with Crippen molar-refractivity contribution in [2.45, 2.75) is 117 Å². The van der Waals surface area contributed by atoms with Gasteiger partial charge in [0.2, 0.25) is 0 Å². The molecular formula is C29H50O3. The number of allylic oxidation sites excluding steroid dienone is 2. The number of aliphatic hydroxyl groups is 3. The Balaban J connectivity index is 1.56. The Bertz CT molecular complexity index is 703. The number of aliphatic hydroxyl groups excluding tert-OH is 2. The fourth-order valence-electron chi connectivity index (χ4n) is 9.45. The third kappa shape index (κ3) is 3.64. The van der Waals surface area contributed by atoms with Crippen LogP contribution in [0.2, 0.25) is 0 Å². The Morgan fingerprint density at radius 3 is 2.31 bits per heavy atom. The van der Waals surface area contributed by atoms with Gasteiger partial charge < -0.3 is 15.3 Å². The van der Waals surface area contributed by atoms with Gasteiger partial charge in [-0.15, -0.1) is 0 Å². The van der Waals surface area contributed by atoms with E-state index < -0.39 is 17.8 Å². The topological polar surface area (TPSA) is 60.7 Å². The summed E-state index contributed by atoms with van der Waals surface area (Å²) in [6.07, 6.45) is 12.7. The van der Waals surface area contributed by atoms with E-state index in [4.69, 9.17) is 0 Å². The molecule has 0 bridgehead atoms. The first-order valence-electron chi connectivity index (χ1n) is 13.7. The van der Waals surface area contributed by atoms with Crippen LogP contribution in [0.15, 0.2) is 12.2 Å². The second-order valence-electron chi connectivity index (χ2n) is 13.2. The quantitative estimate of drug-likeness (QED) is 0.456. The molecule has 0 aromatic rings. The monoisotopic (exact) mass is 446 g/mol. The van der Waals surface area contributed by atoms with Crippen molar-refractivity contribution >= 4 is 0 Å². The molecule has 0 amide bonds. The van der Waals surface area contributed by atoms with Crippen molar-refractivity contribution in [2.24, 2.45) is 52.3 Å². The van der Waals surface area contributed by atoms with Crippen molar-refractivity contribution in [1.82, 2.24) is 0 Å². The molecule has 0 saturated heterocycles. The van der Waals surface area contributed by atoms with Crippen molar-refractivity contribution in [3.05, 3.63) is 12.2 Å². The van der Waals surface area contributed by atoms with E-state index in [2.05, 4.69) is 53.7 Å². The minimum absolute atomic E-state index is 0.273. The zero-order valence-corrected chi connectivity index (χ0v) is 21.6. The van der Waals surface area contributed by atoms with E-state index in [1.807, 2.05) is 0 Å². The van der Waals surface area contributed by atoms with Gasteiger partial charge in [-0.1, -0.05) is 53.7 Å². The van der Waals surface area contributed by atoms with Crippen molar-refractivity contribution < 1.29 is 15.3 Å². The Kier molecular flexibility index (Phi) is 6.71. The third-order valence-electron chi connectivity index (χ3n) is 11.5. The highest BCUT2D eigenvalue weighted by Gasteiger charge is 2.67. The first kappa shape index (κ1) is 24.7. The standard InChI is InChI=1S/C29H50O3/c1-7-20(18(2)3)9-8-19(4)23-10-11-24-22-16-26(31)29(32)17-21(30)12-15-28(29,6)25(22)13-14-27(23,24)5/h8-9,18-26,30-32H,7,10-17H2,1-6H3/b9-8+/t19-,20-,21+,22?,23?,24?,25?,26-,27-,28-,29+/m1/s1. The average Bonchev–Trinajstić information content (AvgIpc) is 3.08. The van der Waals surface area contributed by atoms with Crippen LogP contribution in [0, 0.1) is 52.3 Å². The summed E-state index contributed by atoms with van der Waals surface area (Å²) in [5.41, 5.74) is -1.06. The van der Waals surface area contributed by atoms with Crippen LogP contribution in [0.5, 0.6) is 0 Å². The molecule has 3 N–H and O–H groups in total. The number of fused-ring (bicyclic) bond motifs is 5. The Morgan fingerprint density at radius 2 is 1.66 bits per heavy atom. The third-order valence-corrected chi connectivity index (χ3v) is 11.5. The lowest BCUT2D eigenvalue weighted by Crippen LogP contribution is -2.68. The maximum atomic E-state index is 11.6. The minimum atomic E-state index is -1.13. The van der Waals surface area contributed by atoms with Crippen molar-refractivity contribution in [2.75, 3.05) is 0 Å². The number of rotatable bonds is 5. The summed E-state index contributed by atoms with van der Waals surface area (Å²) in [6, 6.07) is 0. The lowest BCUT2D eigenvalue weighted by atomic mass is 9.42. The van der Waals surface area contributed by atoms with Gasteiger partial charge in [-0.3, -0.25) is 0 Å². The SMILES string of the molecule is CC[C@H](/C=C/[C@@H](C)C1CCC2C3C[C@@H](O)[C@@]4(O)C[C@@H](O)CC[C@]4(C)C3CC[C@@]21C)C(C)C. The lowest BCUT2D eigenvalue weighted by molar-refractivity contribution is -0.264. The summed E-state index contributed by atoms with van der Waals surface area (Å²) in [4.78, 5) is 0. The number of hydrogen-bond acceptors (Lipinski definition) is 3. The molecule has 4 fully saturated rings. The highest BCUT2D eigenvalue weighted by Crippen LogP contribution is 2.69. The minimum Gasteiger partial charge on any atom is -0.393 e. The Labute approximate surface area is 197 Å². The van der Waals surface area contributed by atoms with Gasteiger partial charge in [0.15, 0.2) is 0 Å². The van der Waals surface area contributed by atoms with Gasteiger partial charge >= 0.3 is 0 Å². The van der Waals surface area contributed by atoms with Crippen LogP contribution < -0.4 is 0 Å². The van der Waals surface area contributed by atoms with Gasteiger partial charge in [-0.25, -0.2) is 0 Å². The summed E-state index contributed by atoms with van der Waals surface area (Å²) < 4.78 is 0. The summed E-state index contributed by atoms with van der Waals surface area (Å²) in [7, 11) is 0. The van der Waals surface area contributed by atoms with Crippen molar-refractivity contribution in [3.63, 3.8) is 0 Å². The number of hydrogen-bond donors (Lipinski definition) is 3. The molecule has 11 atom stereocenters. The molecule has 0 aromatic heterocycles. The van der Waals surface area contributed by atoms with Crippen LogP contribution in [0.25, 0.3) is 0 Å². The molecule has 3 nitrogen and oxygen atoms in total. The van der Waals surface area contributed by atoms with Gasteiger partial charge in [0.1, 0.15) is 0 Å². The van der Waals surface area contributed by atoms with E-state index in [0.717, 1.165) is 19.3 Å². The van der Waals surface area contributed by atoms with E-state index in [1.54, 1.807) is 0 Å². The first-order chi connectivity index (χ1) is 15.0. The van der Waals surface area contributed by atoms with Crippen LogP contribution in [-0.4, -0.2) is 33.1 Å². The van der Waals surface area contributed by atoms with E-state index >= 15 is 0 Å². The predicted molar refractivity (Wildman–Crippen MR) is 131 cm³/mol. The summed E-state index contributed by atoms with van der Waals surface area (Å²) >= 11 is 0. The fourth-order valence-corrected chi connectivity index (χ4v) is 9.45. The molecule has 4 aliphatic carbocycles. The summed E-state index contributed by atoms with van der Waals surface area (Å²) in [6.45, 7) is 14.2. The maximum Gasteiger partial charge on any atom is 0.0985 e. The second-order valence-corrected chi connectivity index (χ2v) is 13.2. The Morgan fingerprint density at radius 1 is 0.938 bits per heavy atom. The van der Waals surface area contributed by atoms with E-state index in [1.165, 1.54) is 25.7 Å². The van der Waals surface area contributed by atoms with Gasteiger partial charge in [0.25, 0.3) is 0 Å². The van der Waals surface area contributed by atoms with Crippen LogP contribution >= 0.6 is 0 Å². The molecule has 0 aromatic carbocycles. The first-order valence-corrected chi connectivity index (χ1v) is 13.7. The van der Waals surface area contributed by atoms with Crippen LogP contribution in [-0.2, 0) is 0 Å². The van der Waals surface area contributed by atoms with Crippen molar-refractivity contribution in [3.8, 4) is 0 Å². The molecule has 4 unspecified atom stereocenters. The van der Waals surface area contributed by atoms with Gasteiger partial charge in [0, 0.05) is 11.8 Å². The molecule has 184 valence electrons. The smallest absolute Gasteiger partial charge is 0.0985 e. The van der Waals surface area contributed by atoms with E-state index in [-0.39, 0.29) is 5.41 Å². The summed E-state index contributed by atoms with van der Waals surface area (Å²) in [5, 5.41) is 33.2. The molecule has 0 aliphatic heterocycles. The molecular weight excluding hydrogens is 396 g/mol. The highest BCUT2D eigenvalue weighted by molar-refractivity contribution is 5.17. The van der Waals surface area contributed by atoms with Crippen LogP contribution in [0.1, 0.15) is 99.3 Å². The molecule has 4 rings (SSSR count). The normalized spacial score (nSPS) is 50.7. The van der Waals surface area contributed by atoms with Gasteiger partial charge in [0.05, 0.1) is 17.8 Å². The zero-order valence-electron chi connectivity index (χ0n) is 21.6. The molecule has 32 heavy (non-hydrogen) atoms. The van der Waals surface area contributed by atoms with Gasteiger partial charge in [-0.05, 0) is 98.2 Å². The Hall–Kier alpha value is -0.380. The molecule has 4 saturated carbocycles. The largest absolute Gasteiger partial charge is 0.393 e.